The van der Waals surface area contributed by atoms with Crippen molar-refractivity contribution < 1.29 is 14.0 Å². The van der Waals surface area contributed by atoms with E-state index >= 15 is 0 Å². The largest absolute Gasteiger partial charge is 0.444 e. The summed E-state index contributed by atoms with van der Waals surface area (Å²) in [5.41, 5.74) is 1.61. The molecule has 2 N–H and O–H groups in total. The molecular formula is C17H20ClN3O3. The van der Waals surface area contributed by atoms with Gasteiger partial charge in [0, 0.05) is 11.9 Å². The lowest BCUT2D eigenvalue weighted by Crippen LogP contribution is -2.32. The molecule has 1 aromatic carbocycles. The Bertz CT molecular complexity index is 706. The van der Waals surface area contributed by atoms with E-state index in [0.29, 0.717) is 10.9 Å². The Kier molecular flexibility index (Phi) is 5.98. The van der Waals surface area contributed by atoms with Crippen molar-refractivity contribution in [3.8, 4) is 0 Å². The number of hydrogen-bond donors (Lipinski definition) is 2. The molecule has 7 heteroatoms. The number of aryl methyl sites for hydroxylation is 2. The molecular weight excluding hydrogens is 330 g/mol. The molecule has 0 saturated heterocycles. The number of rotatable bonds is 6. The van der Waals surface area contributed by atoms with Crippen molar-refractivity contribution in [2.24, 2.45) is 0 Å². The fourth-order valence-electron chi connectivity index (χ4n) is 2.24. The smallest absolute Gasteiger partial charge is 0.222 e. The van der Waals surface area contributed by atoms with Crippen LogP contribution in [-0.4, -0.2) is 16.8 Å². The number of hydrogen-bond acceptors (Lipinski definition) is 4. The Morgan fingerprint density at radius 3 is 2.46 bits per heavy atom. The van der Waals surface area contributed by atoms with Gasteiger partial charge in [-0.15, -0.1) is 0 Å². The van der Waals surface area contributed by atoms with Gasteiger partial charge < -0.3 is 15.1 Å². The van der Waals surface area contributed by atoms with Crippen molar-refractivity contribution in [2.45, 2.75) is 39.8 Å². The van der Waals surface area contributed by atoms with Gasteiger partial charge in [0.25, 0.3) is 0 Å². The van der Waals surface area contributed by atoms with Gasteiger partial charge in [0.05, 0.1) is 24.7 Å². The maximum atomic E-state index is 12.2. The molecule has 0 aliphatic carbocycles. The van der Waals surface area contributed by atoms with Gasteiger partial charge in [0.2, 0.25) is 17.7 Å². The van der Waals surface area contributed by atoms with E-state index in [4.69, 9.17) is 16.0 Å². The van der Waals surface area contributed by atoms with E-state index < -0.39 is 6.04 Å². The fraction of sp³-hybridized carbons (Fsp3) is 0.353. The topological polar surface area (TPSA) is 84.2 Å². The Hall–Kier alpha value is -2.34. The second kappa shape index (κ2) is 7.97. The van der Waals surface area contributed by atoms with Gasteiger partial charge in [-0.3, -0.25) is 9.59 Å². The van der Waals surface area contributed by atoms with Gasteiger partial charge in [0.15, 0.2) is 0 Å². The summed E-state index contributed by atoms with van der Waals surface area (Å²) in [7, 11) is 0. The molecule has 24 heavy (non-hydrogen) atoms. The standard InChI is InChI=1S/C17H20ClN3O3/c1-10-11(2)24-17(20-10)9-19-16(23)8-15(21-12(3)22)13-4-6-14(18)7-5-13/h4-7,15H,8-9H2,1-3H3,(H,19,23)(H,21,22). The summed E-state index contributed by atoms with van der Waals surface area (Å²) in [4.78, 5) is 27.8. The van der Waals surface area contributed by atoms with Gasteiger partial charge in [0.1, 0.15) is 5.76 Å². The molecule has 0 aliphatic heterocycles. The molecule has 1 heterocycles. The Labute approximate surface area is 145 Å². The van der Waals surface area contributed by atoms with Crippen molar-refractivity contribution in [3.05, 3.63) is 52.2 Å². The number of amides is 2. The molecule has 1 aromatic heterocycles. The average Bonchev–Trinajstić information content (AvgIpc) is 2.83. The Morgan fingerprint density at radius 2 is 1.92 bits per heavy atom. The third-order valence-corrected chi connectivity index (χ3v) is 3.80. The van der Waals surface area contributed by atoms with Crippen LogP contribution in [0.2, 0.25) is 5.02 Å². The number of carbonyl (C=O) groups is 2. The molecule has 2 aromatic rings. The van der Waals surface area contributed by atoms with E-state index in [9.17, 15) is 9.59 Å². The first-order valence-electron chi connectivity index (χ1n) is 7.57. The van der Waals surface area contributed by atoms with Crippen LogP contribution < -0.4 is 10.6 Å². The van der Waals surface area contributed by atoms with Crippen LogP contribution in [0.1, 0.15) is 42.3 Å². The number of oxazole rings is 1. The highest BCUT2D eigenvalue weighted by Gasteiger charge is 2.17. The summed E-state index contributed by atoms with van der Waals surface area (Å²) in [5, 5.41) is 6.12. The number of halogens is 1. The maximum absolute atomic E-state index is 12.2. The second-order valence-electron chi connectivity index (χ2n) is 5.53. The molecule has 128 valence electrons. The number of nitrogens with one attached hydrogen (secondary N) is 2. The monoisotopic (exact) mass is 349 g/mol. The Balaban J connectivity index is 1.98. The van der Waals surface area contributed by atoms with Gasteiger partial charge in [-0.1, -0.05) is 23.7 Å². The number of aromatic nitrogens is 1. The number of benzene rings is 1. The summed E-state index contributed by atoms with van der Waals surface area (Å²) >= 11 is 5.88. The summed E-state index contributed by atoms with van der Waals surface area (Å²) in [5.74, 6) is 0.774. The predicted octanol–water partition coefficient (Wildman–Crippen LogP) is 2.83. The first-order chi connectivity index (χ1) is 11.3. The maximum Gasteiger partial charge on any atom is 0.222 e. The highest BCUT2D eigenvalue weighted by molar-refractivity contribution is 6.30. The van der Waals surface area contributed by atoms with Crippen molar-refractivity contribution >= 4 is 23.4 Å². The summed E-state index contributed by atoms with van der Waals surface area (Å²) < 4.78 is 5.42. The minimum atomic E-state index is -0.423. The van der Waals surface area contributed by atoms with Gasteiger partial charge in [-0.05, 0) is 31.5 Å². The molecule has 0 bridgehead atoms. The van der Waals surface area contributed by atoms with E-state index in [1.807, 2.05) is 13.8 Å². The lowest BCUT2D eigenvalue weighted by molar-refractivity contribution is -0.123. The zero-order valence-electron chi connectivity index (χ0n) is 13.9. The van der Waals surface area contributed by atoms with Crippen LogP contribution in [0.4, 0.5) is 0 Å². The zero-order valence-corrected chi connectivity index (χ0v) is 14.6. The highest BCUT2D eigenvalue weighted by atomic mass is 35.5. The van der Waals surface area contributed by atoms with E-state index in [2.05, 4.69) is 15.6 Å². The van der Waals surface area contributed by atoms with Crippen LogP contribution in [0.3, 0.4) is 0 Å². The summed E-state index contributed by atoms with van der Waals surface area (Å²) in [6.07, 6.45) is 0.111. The van der Waals surface area contributed by atoms with Gasteiger partial charge >= 0.3 is 0 Å². The molecule has 0 fully saturated rings. The van der Waals surface area contributed by atoms with E-state index in [1.54, 1.807) is 24.3 Å². The lowest BCUT2D eigenvalue weighted by atomic mass is 10.0. The van der Waals surface area contributed by atoms with Gasteiger partial charge in [-0.25, -0.2) is 4.98 Å². The second-order valence-corrected chi connectivity index (χ2v) is 5.97. The van der Waals surface area contributed by atoms with Crippen LogP contribution in [0.5, 0.6) is 0 Å². The lowest BCUT2D eigenvalue weighted by Gasteiger charge is -2.18. The first kappa shape index (κ1) is 18.0. The minimum absolute atomic E-state index is 0.111. The predicted molar refractivity (Wildman–Crippen MR) is 90.5 cm³/mol. The first-order valence-corrected chi connectivity index (χ1v) is 7.95. The average molecular weight is 350 g/mol. The summed E-state index contributed by atoms with van der Waals surface area (Å²) in [6.45, 7) is 5.29. The molecule has 0 radical (unpaired) electrons. The van der Waals surface area contributed by atoms with Gasteiger partial charge in [-0.2, -0.15) is 0 Å². The molecule has 6 nitrogen and oxygen atoms in total. The van der Waals surface area contributed by atoms with Crippen LogP contribution >= 0.6 is 11.6 Å². The SMILES string of the molecule is CC(=O)NC(CC(=O)NCc1nc(C)c(C)o1)c1ccc(Cl)cc1. The fourth-order valence-corrected chi connectivity index (χ4v) is 2.37. The van der Waals surface area contributed by atoms with Crippen molar-refractivity contribution in [3.63, 3.8) is 0 Å². The summed E-state index contributed by atoms with van der Waals surface area (Å²) in [6, 6.07) is 6.60. The number of carbonyl (C=O) groups excluding carboxylic acids is 2. The molecule has 0 spiro atoms. The molecule has 0 aliphatic rings. The van der Waals surface area contributed by atoms with Crippen LogP contribution in [0, 0.1) is 13.8 Å². The highest BCUT2D eigenvalue weighted by Crippen LogP contribution is 2.19. The minimum Gasteiger partial charge on any atom is -0.444 e. The quantitative estimate of drug-likeness (QED) is 0.839. The molecule has 2 rings (SSSR count). The molecule has 1 unspecified atom stereocenters. The molecule has 2 amide bonds. The van der Waals surface area contributed by atoms with Crippen LogP contribution in [0.25, 0.3) is 0 Å². The van der Waals surface area contributed by atoms with E-state index in [0.717, 1.165) is 17.0 Å². The Morgan fingerprint density at radius 1 is 1.25 bits per heavy atom. The normalized spacial score (nSPS) is 11.8. The van der Waals surface area contributed by atoms with E-state index in [1.165, 1.54) is 6.92 Å². The zero-order chi connectivity index (χ0) is 17.7. The molecule has 0 saturated carbocycles. The third kappa shape index (κ3) is 5.09. The number of nitrogens with zero attached hydrogens (tertiary/aromatic N) is 1. The van der Waals surface area contributed by atoms with Crippen molar-refractivity contribution in [1.82, 2.24) is 15.6 Å². The van der Waals surface area contributed by atoms with Crippen molar-refractivity contribution in [1.29, 1.82) is 0 Å². The van der Waals surface area contributed by atoms with Crippen LogP contribution in [-0.2, 0) is 16.1 Å². The van der Waals surface area contributed by atoms with Crippen molar-refractivity contribution in [2.75, 3.05) is 0 Å². The van der Waals surface area contributed by atoms with Crippen LogP contribution in [0.15, 0.2) is 28.7 Å². The molecule has 1 atom stereocenters. The third-order valence-electron chi connectivity index (χ3n) is 3.55. The van der Waals surface area contributed by atoms with E-state index in [-0.39, 0.29) is 24.8 Å².